The summed E-state index contributed by atoms with van der Waals surface area (Å²) in [6.07, 6.45) is 5.16. The number of H-pyrrole nitrogens is 1. The first-order valence-corrected chi connectivity index (χ1v) is 11.4. The Morgan fingerprint density at radius 3 is 2.77 bits per heavy atom. The van der Waals surface area contributed by atoms with Crippen LogP contribution in [-0.2, 0) is 12.8 Å². The minimum Gasteiger partial charge on any atom is -0.440 e. The molecule has 2 aliphatic rings. The van der Waals surface area contributed by atoms with Crippen molar-refractivity contribution in [2.24, 2.45) is 5.92 Å². The third-order valence-electron chi connectivity index (χ3n) is 7.14. The molecule has 3 heterocycles. The predicted molar refractivity (Wildman–Crippen MR) is 121 cm³/mol. The highest BCUT2D eigenvalue weighted by Crippen LogP contribution is 2.34. The number of hydrogen-bond acceptors (Lipinski definition) is 3. The standard InChI is InChI=1S/C26H27N3O2/c1-16-9-10-21-20(15-16)18-5-4-6-19(24(18)27-21)26(30)29-13-11-17(12-14-29)25-28-22-7-2-3-8-23(22)31-25/h2-8,16-17,27H,9-15H2,1H3. The number of aryl methyl sites for hydroxylation is 1. The fraction of sp³-hybridized carbons (Fsp3) is 0.385. The van der Waals surface area contributed by atoms with Gasteiger partial charge in [-0.1, -0.05) is 31.2 Å². The van der Waals surface area contributed by atoms with Crippen LogP contribution in [0.1, 0.15) is 59.6 Å². The Hall–Kier alpha value is -3.08. The van der Waals surface area contributed by atoms with Crippen molar-refractivity contribution in [2.75, 3.05) is 13.1 Å². The second-order valence-electron chi connectivity index (χ2n) is 9.24. The molecule has 2 aromatic carbocycles. The molecule has 0 bridgehead atoms. The minimum atomic E-state index is 0.133. The van der Waals surface area contributed by atoms with Gasteiger partial charge in [0.25, 0.3) is 5.91 Å². The van der Waals surface area contributed by atoms with Crippen molar-refractivity contribution >= 4 is 27.9 Å². The van der Waals surface area contributed by atoms with Gasteiger partial charge in [0.1, 0.15) is 5.52 Å². The molecule has 0 spiro atoms. The average molecular weight is 414 g/mol. The number of oxazole rings is 1. The lowest BCUT2D eigenvalue weighted by molar-refractivity contribution is 0.0708. The first-order chi connectivity index (χ1) is 15.2. The second kappa shape index (κ2) is 7.26. The molecule has 1 saturated heterocycles. The molecule has 1 amide bonds. The van der Waals surface area contributed by atoms with Gasteiger partial charge < -0.3 is 14.3 Å². The zero-order valence-corrected chi connectivity index (χ0v) is 17.9. The van der Waals surface area contributed by atoms with Crippen LogP contribution in [0.4, 0.5) is 0 Å². The molecule has 158 valence electrons. The van der Waals surface area contributed by atoms with Gasteiger partial charge in [-0.3, -0.25) is 4.79 Å². The van der Waals surface area contributed by atoms with Gasteiger partial charge in [0, 0.05) is 30.1 Å². The highest BCUT2D eigenvalue weighted by molar-refractivity contribution is 6.06. The van der Waals surface area contributed by atoms with Crippen LogP contribution >= 0.6 is 0 Å². The van der Waals surface area contributed by atoms with E-state index in [1.807, 2.05) is 41.3 Å². The highest BCUT2D eigenvalue weighted by Gasteiger charge is 2.29. The maximum absolute atomic E-state index is 13.4. The number of likely N-dealkylation sites (tertiary alicyclic amines) is 1. The van der Waals surface area contributed by atoms with Crippen molar-refractivity contribution in [3.63, 3.8) is 0 Å². The Bertz CT molecular complexity index is 1240. The number of para-hydroxylation sites is 3. The van der Waals surface area contributed by atoms with E-state index in [2.05, 4.69) is 23.0 Å². The lowest BCUT2D eigenvalue weighted by Gasteiger charge is -2.30. The molecule has 1 atom stereocenters. The van der Waals surface area contributed by atoms with E-state index in [1.54, 1.807) is 0 Å². The van der Waals surface area contributed by atoms with E-state index in [-0.39, 0.29) is 11.8 Å². The van der Waals surface area contributed by atoms with Gasteiger partial charge in [-0.15, -0.1) is 0 Å². The number of nitrogens with zero attached hydrogens (tertiary/aromatic N) is 2. The van der Waals surface area contributed by atoms with Crippen LogP contribution < -0.4 is 0 Å². The summed E-state index contributed by atoms with van der Waals surface area (Å²) in [7, 11) is 0. The molecule has 1 N–H and O–H groups in total. The number of aromatic nitrogens is 2. The molecular formula is C26H27N3O2. The lowest BCUT2D eigenvalue weighted by atomic mass is 9.87. The van der Waals surface area contributed by atoms with Crippen molar-refractivity contribution in [3.05, 3.63) is 65.2 Å². The number of fused-ring (bicyclic) bond motifs is 4. The van der Waals surface area contributed by atoms with Gasteiger partial charge in [-0.2, -0.15) is 0 Å². The molecular weight excluding hydrogens is 386 g/mol. The summed E-state index contributed by atoms with van der Waals surface area (Å²) in [5, 5.41) is 1.23. The molecule has 0 radical (unpaired) electrons. The van der Waals surface area contributed by atoms with E-state index < -0.39 is 0 Å². The van der Waals surface area contributed by atoms with Gasteiger partial charge in [0.05, 0.1) is 11.1 Å². The Labute approximate surface area is 181 Å². The van der Waals surface area contributed by atoms with Crippen molar-refractivity contribution in [2.45, 2.75) is 44.9 Å². The minimum absolute atomic E-state index is 0.133. The SMILES string of the molecule is CC1CCc2[nH]c3c(C(=O)N4CCC(c5nc6ccccc6o5)CC4)cccc3c2C1. The molecule has 1 fully saturated rings. The fourth-order valence-electron chi connectivity index (χ4n) is 5.36. The molecule has 1 unspecified atom stereocenters. The predicted octanol–water partition coefficient (Wildman–Crippen LogP) is 5.45. The van der Waals surface area contributed by atoms with Gasteiger partial charge in [-0.05, 0) is 61.8 Å². The number of rotatable bonds is 2. The largest absolute Gasteiger partial charge is 0.440 e. The average Bonchev–Trinajstić information content (AvgIpc) is 3.40. The monoisotopic (exact) mass is 413 g/mol. The Morgan fingerprint density at radius 2 is 1.94 bits per heavy atom. The molecule has 1 aliphatic heterocycles. The third kappa shape index (κ3) is 3.14. The summed E-state index contributed by atoms with van der Waals surface area (Å²) < 4.78 is 5.98. The normalized spacial score (nSPS) is 19.8. The molecule has 4 aromatic rings. The molecule has 0 saturated carbocycles. The molecule has 5 heteroatoms. The number of amides is 1. The van der Waals surface area contributed by atoms with Crippen molar-refractivity contribution in [1.82, 2.24) is 14.9 Å². The van der Waals surface area contributed by atoms with Gasteiger partial charge in [-0.25, -0.2) is 4.98 Å². The summed E-state index contributed by atoms with van der Waals surface area (Å²) >= 11 is 0. The van der Waals surface area contributed by atoms with Crippen LogP contribution in [-0.4, -0.2) is 33.9 Å². The third-order valence-corrected chi connectivity index (χ3v) is 7.14. The van der Waals surface area contributed by atoms with Crippen LogP contribution in [0.3, 0.4) is 0 Å². The van der Waals surface area contributed by atoms with Crippen LogP contribution in [0.25, 0.3) is 22.0 Å². The van der Waals surface area contributed by atoms with Crippen molar-refractivity contribution in [1.29, 1.82) is 0 Å². The summed E-state index contributed by atoms with van der Waals surface area (Å²) in [6.45, 7) is 3.78. The Morgan fingerprint density at radius 1 is 1.10 bits per heavy atom. The zero-order chi connectivity index (χ0) is 20.9. The highest BCUT2D eigenvalue weighted by atomic mass is 16.3. The Balaban J connectivity index is 1.23. The smallest absolute Gasteiger partial charge is 0.255 e. The topological polar surface area (TPSA) is 62.1 Å². The number of hydrogen-bond donors (Lipinski definition) is 1. The van der Waals surface area contributed by atoms with E-state index in [1.165, 1.54) is 23.1 Å². The number of aromatic amines is 1. The van der Waals surface area contributed by atoms with Crippen LogP contribution in [0, 0.1) is 5.92 Å². The molecule has 6 rings (SSSR count). The van der Waals surface area contributed by atoms with E-state index in [9.17, 15) is 4.79 Å². The van der Waals surface area contributed by atoms with Crippen LogP contribution in [0.15, 0.2) is 46.9 Å². The Kier molecular flexibility index (Phi) is 4.37. The summed E-state index contributed by atoms with van der Waals surface area (Å²) in [6, 6.07) is 14.1. The van der Waals surface area contributed by atoms with E-state index in [0.29, 0.717) is 5.92 Å². The molecule has 2 aromatic heterocycles. The first-order valence-electron chi connectivity index (χ1n) is 11.4. The quantitative estimate of drug-likeness (QED) is 0.475. The van der Waals surface area contributed by atoms with E-state index in [0.717, 1.165) is 66.8 Å². The van der Waals surface area contributed by atoms with Crippen molar-refractivity contribution in [3.8, 4) is 0 Å². The molecule has 31 heavy (non-hydrogen) atoms. The number of benzene rings is 2. The van der Waals surface area contributed by atoms with E-state index in [4.69, 9.17) is 4.42 Å². The number of nitrogens with one attached hydrogen (secondary N) is 1. The van der Waals surface area contributed by atoms with Gasteiger partial charge in [0.15, 0.2) is 11.5 Å². The molecule has 5 nitrogen and oxygen atoms in total. The maximum Gasteiger partial charge on any atom is 0.255 e. The summed E-state index contributed by atoms with van der Waals surface area (Å²) in [4.78, 5) is 23.7. The van der Waals surface area contributed by atoms with Crippen molar-refractivity contribution < 1.29 is 9.21 Å². The summed E-state index contributed by atoms with van der Waals surface area (Å²) in [5.74, 6) is 1.91. The lowest BCUT2D eigenvalue weighted by Crippen LogP contribution is -2.38. The number of carbonyl (C=O) groups is 1. The fourth-order valence-corrected chi connectivity index (χ4v) is 5.36. The number of piperidine rings is 1. The second-order valence-corrected chi connectivity index (χ2v) is 9.24. The zero-order valence-electron chi connectivity index (χ0n) is 17.9. The first kappa shape index (κ1) is 18.7. The number of carbonyl (C=O) groups excluding carboxylic acids is 1. The van der Waals surface area contributed by atoms with Crippen LogP contribution in [0.2, 0.25) is 0 Å². The van der Waals surface area contributed by atoms with Crippen LogP contribution in [0.5, 0.6) is 0 Å². The maximum atomic E-state index is 13.4. The van der Waals surface area contributed by atoms with E-state index >= 15 is 0 Å². The summed E-state index contributed by atoms with van der Waals surface area (Å²) in [5.41, 5.74) is 6.31. The van der Waals surface area contributed by atoms with Gasteiger partial charge >= 0.3 is 0 Å². The molecule has 1 aliphatic carbocycles. The van der Waals surface area contributed by atoms with Gasteiger partial charge in [0.2, 0.25) is 0 Å².